The van der Waals surface area contributed by atoms with Gasteiger partial charge in [-0.2, -0.15) is 0 Å². The molecule has 134 valence electrons. The molecule has 0 fully saturated rings. The van der Waals surface area contributed by atoms with E-state index >= 15 is 0 Å². The Morgan fingerprint density at radius 3 is 2.14 bits per heavy atom. The molecular formula is C24H16N2O2. The minimum atomic E-state index is -0.325. The Morgan fingerprint density at radius 1 is 0.643 bits per heavy atom. The molecule has 4 heteroatoms. The Bertz CT molecular complexity index is 1340. The van der Waals surface area contributed by atoms with Crippen LogP contribution < -0.4 is 0 Å². The lowest BCUT2D eigenvalue weighted by Gasteiger charge is -2.08. The lowest BCUT2D eigenvalue weighted by atomic mass is 10.0. The van der Waals surface area contributed by atoms with Gasteiger partial charge in [0.2, 0.25) is 0 Å². The molecule has 0 aliphatic rings. The summed E-state index contributed by atoms with van der Waals surface area (Å²) in [4.78, 5) is 11.3. The molecule has 0 atom stereocenters. The number of rotatable bonds is 3. The molecule has 0 saturated carbocycles. The van der Waals surface area contributed by atoms with Crippen molar-refractivity contribution in [3.8, 4) is 16.8 Å². The van der Waals surface area contributed by atoms with Crippen LogP contribution in [0.15, 0.2) is 97.1 Å². The van der Waals surface area contributed by atoms with E-state index in [1.165, 1.54) is 0 Å². The largest absolute Gasteiger partial charge is 0.303 e. The fraction of sp³-hybridized carbons (Fsp3) is 0. The molecule has 0 bridgehead atoms. The first-order chi connectivity index (χ1) is 13.7. The van der Waals surface area contributed by atoms with Gasteiger partial charge >= 0.3 is 0 Å². The molecule has 0 radical (unpaired) electrons. The maximum Gasteiger partial charge on any atom is 0.293 e. The summed E-state index contributed by atoms with van der Waals surface area (Å²) < 4.78 is 1.98. The molecule has 5 rings (SSSR count). The fourth-order valence-electron chi connectivity index (χ4n) is 3.85. The monoisotopic (exact) mass is 364 g/mol. The van der Waals surface area contributed by atoms with Crippen LogP contribution in [0.1, 0.15) is 0 Å². The van der Waals surface area contributed by atoms with Gasteiger partial charge in [0, 0.05) is 16.8 Å². The van der Waals surface area contributed by atoms with Crippen molar-refractivity contribution in [3.05, 3.63) is 107 Å². The zero-order valence-corrected chi connectivity index (χ0v) is 14.9. The van der Waals surface area contributed by atoms with E-state index in [0.717, 1.165) is 32.9 Å². The molecule has 5 aromatic rings. The van der Waals surface area contributed by atoms with Crippen LogP contribution in [0.5, 0.6) is 0 Å². The first-order valence-electron chi connectivity index (χ1n) is 9.06. The predicted octanol–water partition coefficient (Wildman–Crippen LogP) is 6.36. The van der Waals surface area contributed by atoms with E-state index in [-0.39, 0.29) is 10.6 Å². The Balaban J connectivity index is 1.87. The van der Waals surface area contributed by atoms with Gasteiger partial charge in [-0.1, -0.05) is 66.7 Å². The molecule has 1 aromatic heterocycles. The number of hydrogen-bond acceptors (Lipinski definition) is 2. The number of benzene rings is 4. The number of fused-ring (bicyclic) bond motifs is 3. The topological polar surface area (TPSA) is 48.1 Å². The van der Waals surface area contributed by atoms with Gasteiger partial charge in [-0.3, -0.25) is 10.1 Å². The van der Waals surface area contributed by atoms with Crippen molar-refractivity contribution in [1.29, 1.82) is 0 Å². The quantitative estimate of drug-likeness (QED) is 0.276. The lowest BCUT2D eigenvalue weighted by molar-refractivity contribution is -0.384. The van der Waals surface area contributed by atoms with Crippen molar-refractivity contribution in [3.63, 3.8) is 0 Å². The number of nitro benzene ring substituents is 1. The normalized spacial score (nSPS) is 11.1. The van der Waals surface area contributed by atoms with E-state index in [2.05, 4.69) is 30.3 Å². The summed E-state index contributed by atoms with van der Waals surface area (Å²) in [6.07, 6.45) is 0. The SMILES string of the molecule is O=[N+]([O-])c1ccccc1-n1c2ccccc2c2cc(-c3ccccc3)ccc21. The highest BCUT2D eigenvalue weighted by molar-refractivity contribution is 6.10. The molecular weight excluding hydrogens is 348 g/mol. The van der Waals surface area contributed by atoms with E-state index in [1.54, 1.807) is 18.2 Å². The predicted molar refractivity (Wildman–Crippen MR) is 113 cm³/mol. The second-order valence-corrected chi connectivity index (χ2v) is 6.70. The van der Waals surface area contributed by atoms with E-state index in [0.29, 0.717) is 5.69 Å². The van der Waals surface area contributed by atoms with Crippen molar-refractivity contribution in [2.24, 2.45) is 0 Å². The molecule has 0 aliphatic heterocycles. The van der Waals surface area contributed by atoms with Gasteiger partial charge in [0.25, 0.3) is 5.69 Å². The second-order valence-electron chi connectivity index (χ2n) is 6.70. The number of para-hydroxylation sites is 3. The summed E-state index contributed by atoms with van der Waals surface area (Å²) in [5, 5.41) is 13.8. The summed E-state index contributed by atoms with van der Waals surface area (Å²) in [6.45, 7) is 0. The Labute approximate surface area is 161 Å². The van der Waals surface area contributed by atoms with E-state index in [9.17, 15) is 10.1 Å². The molecule has 0 unspecified atom stereocenters. The second kappa shape index (κ2) is 6.35. The standard InChI is InChI=1S/C24H16N2O2/c27-26(28)24-13-7-6-12-23(24)25-21-11-5-4-10-19(21)20-16-18(14-15-22(20)25)17-8-2-1-3-9-17/h1-16H. The van der Waals surface area contributed by atoms with E-state index in [1.807, 2.05) is 53.1 Å². The molecule has 0 amide bonds. The minimum absolute atomic E-state index is 0.0947. The Hall–Kier alpha value is -3.92. The minimum Gasteiger partial charge on any atom is -0.303 e. The highest BCUT2D eigenvalue weighted by atomic mass is 16.6. The molecule has 0 saturated heterocycles. The molecule has 28 heavy (non-hydrogen) atoms. The van der Waals surface area contributed by atoms with Crippen LogP contribution in [0.25, 0.3) is 38.6 Å². The smallest absolute Gasteiger partial charge is 0.293 e. The first kappa shape index (κ1) is 16.3. The number of hydrogen-bond donors (Lipinski definition) is 0. The van der Waals surface area contributed by atoms with Crippen LogP contribution in [-0.4, -0.2) is 9.49 Å². The van der Waals surface area contributed by atoms with Crippen molar-refractivity contribution in [2.45, 2.75) is 0 Å². The van der Waals surface area contributed by atoms with E-state index in [4.69, 9.17) is 0 Å². The van der Waals surface area contributed by atoms with Crippen LogP contribution in [0.3, 0.4) is 0 Å². The van der Waals surface area contributed by atoms with Gasteiger partial charge in [-0.25, -0.2) is 0 Å². The summed E-state index contributed by atoms with van der Waals surface area (Å²) in [5.41, 5.74) is 4.85. The molecule has 0 aliphatic carbocycles. The lowest BCUT2D eigenvalue weighted by Crippen LogP contribution is -1.99. The summed E-state index contributed by atoms with van der Waals surface area (Å²) >= 11 is 0. The van der Waals surface area contributed by atoms with Gasteiger partial charge in [0.05, 0.1) is 16.0 Å². The first-order valence-corrected chi connectivity index (χ1v) is 9.06. The summed E-state index contributed by atoms with van der Waals surface area (Å²) in [5.74, 6) is 0. The molecule has 4 aromatic carbocycles. The third kappa shape index (κ3) is 2.47. The number of aromatic nitrogens is 1. The molecule has 0 N–H and O–H groups in total. The van der Waals surface area contributed by atoms with Crippen molar-refractivity contribution in [2.75, 3.05) is 0 Å². The van der Waals surface area contributed by atoms with Gasteiger partial charge in [-0.15, -0.1) is 0 Å². The zero-order chi connectivity index (χ0) is 19.1. The molecule has 0 spiro atoms. The van der Waals surface area contributed by atoms with Crippen molar-refractivity contribution in [1.82, 2.24) is 4.57 Å². The van der Waals surface area contributed by atoms with Crippen molar-refractivity contribution >= 4 is 27.5 Å². The van der Waals surface area contributed by atoms with Gasteiger partial charge in [-0.05, 0) is 35.4 Å². The average Bonchev–Trinajstić information content (AvgIpc) is 3.08. The van der Waals surface area contributed by atoms with Crippen LogP contribution in [-0.2, 0) is 0 Å². The number of nitro groups is 1. The summed E-state index contributed by atoms with van der Waals surface area (Å²) in [7, 11) is 0. The summed E-state index contributed by atoms with van der Waals surface area (Å²) in [6, 6.07) is 31.4. The maximum atomic E-state index is 11.6. The third-order valence-electron chi connectivity index (χ3n) is 5.10. The highest BCUT2D eigenvalue weighted by Gasteiger charge is 2.19. The van der Waals surface area contributed by atoms with Gasteiger partial charge in [0.15, 0.2) is 0 Å². The molecule has 1 heterocycles. The van der Waals surface area contributed by atoms with Crippen molar-refractivity contribution < 1.29 is 4.92 Å². The van der Waals surface area contributed by atoms with Gasteiger partial charge in [0.1, 0.15) is 5.69 Å². The zero-order valence-electron chi connectivity index (χ0n) is 14.9. The van der Waals surface area contributed by atoms with Crippen LogP contribution in [0.4, 0.5) is 5.69 Å². The fourth-order valence-corrected chi connectivity index (χ4v) is 3.85. The van der Waals surface area contributed by atoms with Crippen LogP contribution in [0.2, 0.25) is 0 Å². The van der Waals surface area contributed by atoms with Crippen LogP contribution in [0, 0.1) is 10.1 Å². The highest BCUT2D eigenvalue weighted by Crippen LogP contribution is 2.36. The third-order valence-corrected chi connectivity index (χ3v) is 5.10. The van der Waals surface area contributed by atoms with Crippen LogP contribution >= 0.6 is 0 Å². The average molecular weight is 364 g/mol. The van der Waals surface area contributed by atoms with E-state index < -0.39 is 0 Å². The Kier molecular flexibility index (Phi) is 3.69. The maximum absolute atomic E-state index is 11.6. The number of nitrogens with zero attached hydrogens (tertiary/aromatic N) is 2. The molecule has 4 nitrogen and oxygen atoms in total. The Morgan fingerprint density at radius 2 is 1.32 bits per heavy atom. The van der Waals surface area contributed by atoms with Gasteiger partial charge < -0.3 is 4.57 Å².